The van der Waals surface area contributed by atoms with Crippen LogP contribution in [0.25, 0.3) is 0 Å². The van der Waals surface area contributed by atoms with Gasteiger partial charge in [-0.05, 0) is 39.7 Å². The van der Waals surface area contributed by atoms with E-state index in [9.17, 15) is 16.8 Å². The second-order valence-electron chi connectivity index (χ2n) is 11.2. The van der Waals surface area contributed by atoms with Gasteiger partial charge in [0.05, 0.1) is 18.0 Å². The zero-order chi connectivity index (χ0) is 29.9. The van der Waals surface area contributed by atoms with Crippen molar-refractivity contribution in [2.24, 2.45) is 5.73 Å². The van der Waals surface area contributed by atoms with Gasteiger partial charge in [-0.2, -0.15) is 16.8 Å². The summed E-state index contributed by atoms with van der Waals surface area (Å²) in [6.45, 7) is 8.55. The van der Waals surface area contributed by atoms with E-state index in [0.29, 0.717) is 26.0 Å². The molecule has 0 unspecified atom stereocenters. The van der Waals surface area contributed by atoms with Gasteiger partial charge < -0.3 is 5.73 Å². The Balaban J connectivity index is -0.000000689. The fourth-order valence-electron chi connectivity index (χ4n) is 4.14. The van der Waals surface area contributed by atoms with Gasteiger partial charge >= 0.3 is 40.0 Å². The molecule has 3 N–H and O–H groups in total. The number of hydrogen-bond donors (Lipinski definition) is 2. The van der Waals surface area contributed by atoms with Crippen molar-refractivity contribution in [3.8, 4) is 0 Å². The summed E-state index contributed by atoms with van der Waals surface area (Å²) in [6, 6.07) is 0. The molecule has 11 heteroatoms. The molecule has 0 aromatic rings. The van der Waals surface area contributed by atoms with Crippen LogP contribution in [0.15, 0.2) is 0 Å². The topological polar surface area (TPSA) is 133 Å². The van der Waals surface area contributed by atoms with Crippen molar-refractivity contribution >= 4 is 50.1 Å². The van der Waals surface area contributed by atoms with Gasteiger partial charge in [0.25, 0.3) is 10.1 Å². The van der Waals surface area contributed by atoms with Crippen LogP contribution in [0, 0.1) is 0 Å². The van der Waals surface area contributed by atoms with E-state index in [0.717, 1.165) is 25.7 Å². The first-order chi connectivity index (χ1) is 18.4. The van der Waals surface area contributed by atoms with Crippen molar-refractivity contribution in [3.63, 3.8) is 0 Å². The zero-order valence-corrected chi connectivity index (χ0v) is 27.4. The molecular weight excluding hydrogens is 561 g/mol. The van der Waals surface area contributed by atoms with E-state index >= 15 is 0 Å². The third kappa shape index (κ3) is 31.7. The van der Waals surface area contributed by atoms with Crippen LogP contribution in [0.4, 0.5) is 0 Å². The molecule has 0 aliphatic carbocycles. The molecule has 0 bridgehead atoms. The predicted molar refractivity (Wildman–Crippen MR) is 171 cm³/mol. The first-order valence-electron chi connectivity index (χ1n) is 15.6. The van der Waals surface area contributed by atoms with E-state index in [1.54, 1.807) is 13.8 Å². The predicted octanol–water partition coefficient (Wildman–Crippen LogP) is 7.46. The third-order valence-electron chi connectivity index (χ3n) is 6.89. The van der Waals surface area contributed by atoms with Gasteiger partial charge in [-0.25, -0.2) is 4.18 Å². The summed E-state index contributed by atoms with van der Waals surface area (Å²) in [5.41, 5.74) is 5.45. The molecule has 0 aliphatic rings. The monoisotopic (exact) mass is 625 g/mol. The number of hydrogen-bond acceptors (Lipinski definition) is 7. The quantitative estimate of drug-likeness (QED) is 0.0416. The average molecular weight is 626 g/mol. The van der Waals surface area contributed by atoms with Gasteiger partial charge in [0.15, 0.2) is 0 Å². The van der Waals surface area contributed by atoms with E-state index in [2.05, 4.69) is 18.0 Å². The average Bonchev–Trinajstić information content (AvgIpc) is 2.85. The molecule has 0 heterocycles. The Morgan fingerprint density at radius 2 is 0.875 bits per heavy atom. The van der Waals surface area contributed by atoms with Crippen LogP contribution < -0.4 is 5.73 Å². The molecule has 0 saturated heterocycles. The van der Waals surface area contributed by atoms with E-state index in [1.807, 2.05) is 0 Å². The minimum atomic E-state index is -4.23. The summed E-state index contributed by atoms with van der Waals surface area (Å²) in [6.07, 6.45) is 24.5. The molecule has 0 radical (unpaired) electrons. The summed E-state index contributed by atoms with van der Waals surface area (Å²) in [7, 11) is -7.75. The molecule has 0 aromatic heterocycles. The Hall–Kier alpha value is 0.740. The Morgan fingerprint density at radius 1 is 0.575 bits per heavy atom. The first kappa shape index (κ1) is 45.2. The van der Waals surface area contributed by atoms with Crippen molar-refractivity contribution < 1.29 is 29.8 Å². The van der Waals surface area contributed by atoms with Crippen LogP contribution in [0.2, 0.25) is 0 Å². The molecule has 0 aromatic carbocycles. The second-order valence-corrected chi connectivity index (χ2v) is 14.5. The Morgan fingerprint density at radius 3 is 1.18 bits per heavy atom. The summed E-state index contributed by atoms with van der Waals surface area (Å²) < 4.78 is 61.3. The van der Waals surface area contributed by atoms with Gasteiger partial charge in [0.2, 0.25) is 0 Å². The first-order valence-corrected chi connectivity index (χ1v) is 18.4. The third-order valence-corrected chi connectivity index (χ3v) is 9.39. The molecule has 0 spiro atoms. The maximum absolute atomic E-state index is 12.0. The van der Waals surface area contributed by atoms with Gasteiger partial charge in [0, 0.05) is 0 Å². The fourth-order valence-corrected chi connectivity index (χ4v) is 5.50. The summed E-state index contributed by atoms with van der Waals surface area (Å²) in [5.74, 6) is 0. The zero-order valence-electron chi connectivity index (χ0n) is 25.8. The fraction of sp³-hybridized carbons (Fsp3) is 1.00. The summed E-state index contributed by atoms with van der Waals surface area (Å²) in [5, 5.41) is 0. The van der Waals surface area contributed by atoms with Crippen LogP contribution in [0.5, 0.6) is 0 Å². The number of unbranched alkanes of at least 4 members (excludes halogenated alkanes) is 18. The van der Waals surface area contributed by atoms with Crippen molar-refractivity contribution in [2.75, 3.05) is 19.8 Å². The molecule has 8 nitrogen and oxygen atoms in total. The standard InChI is InChI=1S/C17H37NO3S.C12H26O4S.Na.H/c1-4-5-6-7-8-9-10-11-12-13-16-21-22(19,20)17(2,3)14-15-18;1-2-3-4-5-6-7-8-9-10-11-12-16-17(13,14)15;;/h4-16,18H2,1-3H3;2-12H2,1H3,(H,13,14,15);;. The van der Waals surface area contributed by atoms with Crippen molar-refractivity contribution in [2.45, 2.75) is 167 Å². The summed E-state index contributed by atoms with van der Waals surface area (Å²) in [4.78, 5) is 0. The maximum atomic E-state index is 12.0. The van der Waals surface area contributed by atoms with Gasteiger partial charge in [-0.15, -0.1) is 0 Å². The van der Waals surface area contributed by atoms with Crippen LogP contribution in [-0.2, 0) is 28.9 Å². The molecule has 0 fully saturated rings. The van der Waals surface area contributed by atoms with E-state index in [1.165, 1.54) is 96.3 Å². The van der Waals surface area contributed by atoms with Crippen molar-refractivity contribution in [1.29, 1.82) is 0 Å². The van der Waals surface area contributed by atoms with Crippen LogP contribution >= 0.6 is 0 Å². The molecule has 0 rings (SSSR count). The molecule has 0 atom stereocenters. The van der Waals surface area contributed by atoms with Crippen molar-refractivity contribution in [3.05, 3.63) is 0 Å². The van der Waals surface area contributed by atoms with Crippen LogP contribution in [0.1, 0.15) is 163 Å². The van der Waals surface area contributed by atoms with E-state index in [4.69, 9.17) is 14.5 Å². The van der Waals surface area contributed by atoms with Crippen LogP contribution in [0.3, 0.4) is 0 Å². The van der Waals surface area contributed by atoms with Crippen molar-refractivity contribution in [1.82, 2.24) is 0 Å². The minimum absolute atomic E-state index is 0. The van der Waals surface area contributed by atoms with Crippen LogP contribution in [-0.4, -0.2) is 75.5 Å². The van der Waals surface area contributed by atoms with Gasteiger partial charge in [0.1, 0.15) is 0 Å². The Labute approximate surface area is 271 Å². The molecule has 0 saturated carbocycles. The van der Waals surface area contributed by atoms with E-state index < -0.39 is 25.3 Å². The number of nitrogens with two attached hydrogens (primary N) is 1. The molecule has 0 amide bonds. The molecule has 0 aliphatic heterocycles. The molecule has 240 valence electrons. The molecular formula is C29H64NNaO7S2. The SMILES string of the molecule is CCCCCCCCCCCCOS(=O)(=O)C(C)(C)CCN.CCCCCCCCCCCCOS(=O)(=O)O.[NaH]. The normalized spacial score (nSPS) is 12.1. The van der Waals surface area contributed by atoms with Gasteiger partial charge in [-0.3, -0.25) is 8.74 Å². The van der Waals surface area contributed by atoms with E-state index in [-0.39, 0.29) is 36.2 Å². The van der Waals surface area contributed by atoms with Gasteiger partial charge in [-0.1, -0.05) is 129 Å². The molecule has 40 heavy (non-hydrogen) atoms. The second kappa shape index (κ2) is 29.8. The summed E-state index contributed by atoms with van der Waals surface area (Å²) >= 11 is 0. The Bertz CT molecular complexity index is 733. The Kier molecular flexibility index (Phi) is 33.6. The number of rotatable bonds is 27.